The molecule has 0 aliphatic rings. The van der Waals surface area contributed by atoms with Gasteiger partial charge in [-0.25, -0.2) is 12.8 Å². The van der Waals surface area contributed by atoms with E-state index in [1.807, 2.05) is 38.1 Å². The molecule has 3 rings (SSSR count). The maximum Gasteiger partial charge on any atom is 0.264 e. The Morgan fingerprint density at radius 2 is 1.59 bits per heavy atom. The number of carbonyl (C=O) groups excluding carboxylic acids is 2. The van der Waals surface area contributed by atoms with Gasteiger partial charge in [0.2, 0.25) is 11.8 Å². The van der Waals surface area contributed by atoms with E-state index < -0.39 is 34.3 Å². The van der Waals surface area contributed by atoms with Gasteiger partial charge in [0, 0.05) is 17.6 Å². The van der Waals surface area contributed by atoms with Crippen molar-refractivity contribution in [3.05, 3.63) is 94.2 Å². The van der Waals surface area contributed by atoms with Gasteiger partial charge in [-0.15, -0.1) is 0 Å². The van der Waals surface area contributed by atoms with E-state index in [-0.39, 0.29) is 23.0 Å². The highest BCUT2D eigenvalue weighted by atomic mass is 79.9. The fraction of sp³-hybridized carbons (Fsp3) is 0.310. The zero-order valence-corrected chi connectivity index (χ0v) is 24.6. The van der Waals surface area contributed by atoms with Gasteiger partial charge in [0.1, 0.15) is 18.4 Å². The van der Waals surface area contributed by atoms with Gasteiger partial charge in [0.05, 0.1) is 10.6 Å². The maximum absolute atomic E-state index is 13.8. The number of nitrogens with zero attached hydrogens (tertiary/aromatic N) is 2. The van der Waals surface area contributed by atoms with E-state index in [0.717, 1.165) is 44.9 Å². The largest absolute Gasteiger partial charge is 0.354 e. The molecule has 0 heterocycles. The topological polar surface area (TPSA) is 86.8 Å². The molecule has 0 aromatic heterocycles. The molecule has 3 aromatic rings. The summed E-state index contributed by atoms with van der Waals surface area (Å²) in [6.45, 7) is 5.46. The second-order valence-electron chi connectivity index (χ2n) is 9.27. The van der Waals surface area contributed by atoms with Gasteiger partial charge in [0.15, 0.2) is 0 Å². The minimum Gasteiger partial charge on any atom is -0.354 e. The molecule has 0 saturated carbocycles. The highest BCUT2D eigenvalue weighted by molar-refractivity contribution is 9.10. The third kappa shape index (κ3) is 8.12. The Labute approximate surface area is 238 Å². The van der Waals surface area contributed by atoms with Crippen LogP contribution in [0.15, 0.2) is 82.2 Å². The van der Waals surface area contributed by atoms with Crippen molar-refractivity contribution in [3.63, 3.8) is 0 Å². The molecule has 1 N–H and O–H groups in total. The molecule has 0 radical (unpaired) electrons. The lowest BCUT2D eigenvalue weighted by Gasteiger charge is -2.32. The average molecular weight is 619 g/mol. The van der Waals surface area contributed by atoms with Gasteiger partial charge in [-0.1, -0.05) is 59.1 Å². The number of carbonyl (C=O) groups is 2. The number of benzene rings is 3. The van der Waals surface area contributed by atoms with Crippen LogP contribution in [0, 0.1) is 12.7 Å². The number of hydrogen-bond acceptors (Lipinski definition) is 4. The number of halogens is 2. The van der Waals surface area contributed by atoms with Crippen molar-refractivity contribution >= 4 is 43.5 Å². The molecule has 10 heteroatoms. The molecule has 1 atom stereocenters. The molecule has 208 valence electrons. The first-order chi connectivity index (χ1) is 18.5. The van der Waals surface area contributed by atoms with Crippen molar-refractivity contribution in [2.24, 2.45) is 0 Å². The zero-order valence-electron chi connectivity index (χ0n) is 22.2. The van der Waals surface area contributed by atoms with Crippen LogP contribution in [0.25, 0.3) is 0 Å². The van der Waals surface area contributed by atoms with Gasteiger partial charge in [-0.3, -0.25) is 13.9 Å². The van der Waals surface area contributed by atoms with E-state index >= 15 is 0 Å². The molecule has 0 saturated heterocycles. The Morgan fingerprint density at radius 1 is 0.974 bits per heavy atom. The zero-order chi connectivity index (χ0) is 28.6. The van der Waals surface area contributed by atoms with Crippen molar-refractivity contribution in [1.29, 1.82) is 0 Å². The van der Waals surface area contributed by atoms with E-state index in [0.29, 0.717) is 6.54 Å². The van der Waals surface area contributed by atoms with Crippen LogP contribution in [0.4, 0.5) is 10.1 Å². The minimum atomic E-state index is -4.20. The number of hydrogen-bond donors (Lipinski definition) is 1. The summed E-state index contributed by atoms with van der Waals surface area (Å²) in [5, 5.41) is 2.85. The van der Waals surface area contributed by atoms with E-state index in [2.05, 4.69) is 21.2 Å². The van der Waals surface area contributed by atoms with Crippen LogP contribution in [0.2, 0.25) is 0 Å². The molecule has 0 unspecified atom stereocenters. The monoisotopic (exact) mass is 617 g/mol. The van der Waals surface area contributed by atoms with Crippen LogP contribution in [0.3, 0.4) is 0 Å². The Hall–Kier alpha value is -3.24. The average Bonchev–Trinajstić information content (AvgIpc) is 2.91. The number of unbranched alkanes of at least 4 members (excludes halogenated alkanes) is 1. The number of anilines is 1. The first-order valence-corrected chi connectivity index (χ1v) is 14.9. The summed E-state index contributed by atoms with van der Waals surface area (Å²) < 4.78 is 43.0. The lowest BCUT2D eigenvalue weighted by molar-refractivity contribution is -0.139. The molecular weight excluding hydrogens is 585 g/mol. The van der Waals surface area contributed by atoms with Crippen LogP contribution < -0.4 is 9.62 Å². The third-order valence-electron chi connectivity index (χ3n) is 6.27. The summed E-state index contributed by atoms with van der Waals surface area (Å²) in [5.74, 6) is -1.44. The predicted molar refractivity (Wildman–Crippen MR) is 154 cm³/mol. The Bertz CT molecular complexity index is 1370. The Kier molecular flexibility index (Phi) is 10.7. The molecule has 0 fully saturated rings. The second-order valence-corrected chi connectivity index (χ2v) is 12.0. The van der Waals surface area contributed by atoms with Crippen LogP contribution in [-0.4, -0.2) is 44.3 Å². The number of sulfonamides is 1. The molecule has 0 aliphatic carbocycles. The quantitative estimate of drug-likeness (QED) is 0.275. The summed E-state index contributed by atoms with van der Waals surface area (Å²) >= 11 is 3.40. The summed E-state index contributed by atoms with van der Waals surface area (Å²) in [6, 6.07) is 17.6. The van der Waals surface area contributed by atoms with Crippen molar-refractivity contribution in [2.75, 3.05) is 17.4 Å². The van der Waals surface area contributed by atoms with Gasteiger partial charge in [-0.05, 0) is 74.4 Å². The third-order valence-corrected chi connectivity index (χ3v) is 8.58. The van der Waals surface area contributed by atoms with Gasteiger partial charge >= 0.3 is 0 Å². The molecular formula is C29H33BrFN3O4S. The maximum atomic E-state index is 13.8. The smallest absolute Gasteiger partial charge is 0.264 e. The van der Waals surface area contributed by atoms with E-state index in [1.165, 1.54) is 29.2 Å². The standard InChI is InChI=1S/C29H33BrFN3O4S/c1-4-5-18-32-29(36)22(3)33(19-23-8-10-24(30)11-9-23)28(35)20-34(26-14-12-25(31)13-15-26)39(37,38)27-16-6-21(2)7-17-27/h6-17,22H,4-5,18-20H2,1-3H3,(H,32,36)/t22-/m1/s1. The first-order valence-electron chi connectivity index (χ1n) is 12.7. The van der Waals surface area contributed by atoms with Crippen molar-refractivity contribution in [2.45, 2.75) is 51.1 Å². The van der Waals surface area contributed by atoms with E-state index in [4.69, 9.17) is 0 Å². The van der Waals surface area contributed by atoms with Gasteiger partial charge in [0.25, 0.3) is 10.0 Å². The van der Waals surface area contributed by atoms with E-state index in [1.54, 1.807) is 19.1 Å². The summed E-state index contributed by atoms with van der Waals surface area (Å²) in [4.78, 5) is 28.2. The number of aryl methyl sites for hydroxylation is 1. The fourth-order valence-corrected chi connectivity index (χ4v) is 5.56. The number of nitrogens with one attached hydrogen (secondary N) is 1. The summed E-state index contributed by atoms with van der Waals surface area (Å²) in [7, 11) is -4.20. The summed E-state index contributed by atoms with van der Waals surface area (Å²) in [6.07, 6.45) is 1.70. The molecule has 0 spiro atoms. The molecule has 7 nitrogen and oxygen atoms in total. The van der Waals surface area contributed by atoms with Gasteiger partial charge in [-0.2, -0.15) is 0 Å². The lowest BCUT2D eigenvalue weighted by atomic mass is 10.1. The van der Waals surface area contributed by atoms with Crippen LogP contribution >= 0.6 is 15.9 Å². The Morgan fingerprint density at radius 3 is 2.18 bits per heavy atom. The highest BCUT2D eigenvalue weighted by Crippen LogP contribution is 2.25. The molecule has 2 amide bonds. The summed E-state index contributed by atoms with van der Waals surface area (Å²) in [5.41, 5.74) is 1.78. The van der Waals surface area contributed by atoms with Crippen LogP contribution in [0.5, 0.6) is 0 Å². The number of amides is 2. The molecule has 0 bridgehead atoms. The van der Waals surface area contributed by atoms with Crippen LogP contribution in [0.1, 0.15) is 37.8 Å². The Balaban J connectivity index is 1.98. The van der Waals surface area contributed by atoms with Crippen molar-refractivity contribution < 1.29 is 22.4 Å². The first kappa shape index (κ1) is 30.3. The van der Waals surface area contributed by atoms with E-state index in [9.17, 15) is 22.4 Å². The second kappa shape index (κ2) is 13.7. The molecule has 0 aliphatic heterocycles. The predicted octanol–water partition coefficient (Wildman–Crippen LogP) is 5.43. The number of rotatable bonds is 12. The van der Waals surface area contributed by atoms with Crippen molar-refractivity contribution in [3.8, 4) is 0 Å². The normalized spacial score (nSPS) is 12.0. The van der Waals surface area contributed by atoms with Crippen molar-refractivity contribution in [1.82, 2.24) is 10.2 Å². The molecule has 39 heavy (non-hydrogen) atoms. The van der Waals surface area contributed by atoms with Crippen LogP contribution in [-0.2, 0) is 26.2 Å². The fourth-order valence-electron chi connectivity index (χ4n) is 3.88. The lowest BCUT2D eigenvalue weighted by Crippen LogP contribution is -2.51. The molecule has 3 aromatic carbocycles. The highest BCUT2D eigenvalue weighted by Gasteiger charge is 2.32. The SMILES string of the molecule is CCCCNC(=O)[C@@H](C)N(Cc1ccc(Br)cc1)C(=O)CN(c1ccc(F)cc1)S(=O)(=O)c1ccc(C)cc1. The minimum absolute atomic E-state index is 0.00459. The van der Waals surface area contributed by atoms with Gasteiger partial charge < -0.3 is 10.2 Å².